The molecule has 0 bridgehead atoms. The minimum absolute atomic E-state index is 0.0133. The standard InChI is InChI=1S/C21H19NO2S/c1-16-9-11-19(12-10-16)24-13-5-6-14-25-21-15-18-7-3-4-8-20(18)22(21)17(2)23/h3-4,7-12,15H,13-14H2,1-2H3. The highest BCUT2D eigenvalue weighted by Crippen LogP contribution is 2.27. The van der Waals surface area contributed by atoms with Gasteiger partial charge in [0, 0.05) is 12.3 Å². The molecule has 2 aromatic carbocycles. The highest BCUT2D eigenvalue weighted by molar-refractivity contribution is 7.99. The lowest BCUT2D eigenvalue weighted by molar-refractivity contribution is 0.0933. The van der Waals surface area contributed by atoms with Crippen LogP contribution in [-0.4, -0.2) is 22.8 Å². The van der Waals surface area contributed by atoms with E-state index in [9.17, 15) is 4.79 Å². The SMILES string of the molecule is CC(=O)n1c(SCC#CCOc2ccc(C)cc2)cc2ccccc21. The van der Waals surface area contributed by atoms with Gasteiger partial charge in [-0.3, -0.25) is 9.36 Å². The van der Waals surface area contributed by atoms with Crippen molar-refractivity contribution in [1.82, 2.24) is 4.57 Å². The zero-order valence-corrected chi connectivity index (χ0v) is 15.1. The Hall–Kier alpha value is -2.64. The van der Waals surface area contributed by atoms with Gasteiger partial charge in [-0.1, -0.05) is 59.5 Å². The first kappa shape index (κ1) is 17.2. The summed E-state index contributed by atoms with van der Waals surface area (Å²) in [5.74, 6) is 7.55. The fraction of sp³-hybridized carbons (Fsp3) is 0.190. The average molecular weight is 349 g/mol. The third-order valence-electron chi connectivity index (χ3n) is 3.74. The third-order valence-corrected chi connectivity index (χ3v) is 4.63. The quantitative estimate of drug-likeness (QED) is 0.501. The number of fused-ring (bicyclic) bond motifs is 1. The number of hydrogen-bond acceptors (Lipinski definition) is 3. The van der Waals surface area contributed by atoms with Crippen LogP contribution in [0.3, 0.4) is 0 Å². The van der Waals surface area contributed by atoms with E-state index in [1.54, 1.807) is 23.3 Å². The summed E-state index contributed by atoms with van der Waals surface area (Å²) >= 11 is 1.56. The normalized spacial score (nSPS) is 10.3. The van der Waals surface area contributed by atoms with Crippen molar-refractivity contribution in [2.75, 3.05) is 12.4 Å². The fourth-order valence-corrected chi connectivity index (χ4v) is 3.41. The number of aromatic nitrogens is 1. The number of nitrogens with zero attached hydrogens (tertiary/aromatic N) is 1. The van der Waals surface area contributed by atoms with Gasteiger partial charge in [0.2, 0.25) is 5.91 Å². The summed E-state index contributed by atoms with van der Waals surface area (Å²) in [5.41, 5.74) is 2.14. The number of ether oxygens (including phenoxy) is 1. The van der Waals surface area contributed by atoms with Gasteiger partial charge in [-0.25, -0.2) is 0 Å². The molecule has 3 aromatic rings. The summed E-state index contributed by atoms with van der Waals surface area (Å²) in [6, 6.07) is 17.8. The highest BCUT2D eigenvalue weighted by atomic mass is 32.2. The number of benzene rings is 2. The fourth-order valence-electron chi connectivity index (χ4n) is 2.53. The number of thioether (sulfide) groups is 1. The molecule has 0 fully saturated rings. The lowest BCUT2D eigenvalue weighted by Crippen LogP contribution is -2.06. The lowest BCUT2D eigenvalue weighted by Gasteiger charge is -2.04. The van der Waals surface area contributed by atoms with E-state index in [2.05, 4.69) is 11.8 Å². The van der Waals surface area contributed by atoms with Crippen molar-refractivity contribution < 1.29 is 9.53 Å². The molecule has 0 saturated heterocycles. The summed E-state index contributed by atoms with van der Waals surface area (Å²) in [6.45, 7) is 3.98. The molecule has 0 radical (unpaired) electrons. The van der Waals surface area contributed by atoms with Crippen LogP contribution in [0.2, 0.25) is 0 Å². The molecule has 3 rings (SSSR count). The average Bonchev–Trinajstić information content (AvgIpc) is 2.98. The molecule has 0 spiro atoms. The lowest BCUT2D eigenvalue weighted by atomic mass is 10.2. The van der Waals surface area contributed by atoms with E-state index >= 15 is 0 Å². The van der Waals surface area contributed by atoms with Crippen molar-refractivity contribution >= 4 is 28.6 Å². The number of carbonyl (C=O) groups excluding carboxylic acids is 1. The van der Waals surface area contributed by atoms with Gasteiger partial charge in [-0.2, -0.15) is 0 Å². The van der Waals surface area contributed by atoms with Gasteiger partial charge < -0.3 is 4.74 Å². The Morgan fingerprint density at radius 1 is 1.12 bits per heavy atom. The Labute approximate surface area is 152 Å². The van der Waals surface area contributed by atoms with Crippen molar-refractivity contribution in [3.8, 4) is 17.6 Å². The molecule has 0 N–H and O–H groups in total. The van der Waals surface area contributed by atoms with E-state index in [4.69, 9.17) is 4.74 Å². The molecule has 25 heavy (non-hydrogen) atoms. The zero-order chi connectivity index (χ0) is 17.6. The maximum Gasteiger partial charge on any atom is 0.228 e. The predicted molar refractivity (Wildman–Crippen MR) is 103 cm³/mol. The third kappa shape index (κ3) is 4.26. The van der Waals surface area contributed by atoms with Crippen molar-refractivity contribution in [2.24, 2.45) is 0 Å². The van der Waals surface area contributed by atoms with E-state index in [1.165, 1.54) is 5.56 Å². The second-order valence-corrected chi connectivity index (χ2v) is 6.64. The topological polar surface area (TPSA) is 31.2 Å². The van der Waals surface area contributed by atoms with Crippen LogP contribution in [0.4, 0.5) is 0 Å². The molecule has 1 heterocycles. The van der Waals surface area contributed by atoms with Gasteiger partial charge in [0.15, 0.2) is 0 Å². The predicted octanol–water partition coefficient (Wildman–Crippen LogP) is 4.78. The first-order valence-corrected chi connectivity index (χ1v) is 9.03. The second-order valence-electron chi connectivity index (χ2n) is 5.64. The number of para-hydroxylation sites is 1. The number of rotatable bonds is 4. The van der Waals surface area contributed by atoms with E-state index in [1.807, 2.05) is 61.5 Å². The smallest absolute Gasteiger partial charge is 0.228 e. The van der Waals surface area contributed by atoms with Crippen LogP contribution in [0, 0.1) is 18.8 Å². The van der Waals surface area contributed by atoms with Gasteiger partial charge >= 0.3 is 0 Å². The molecule has 0 aliphatic rings. The molecule has 1 aromatic heterocycles. The molecule has 4 heteroatoms. The van der Waals surface area contributed by atoms with E-state index in [-0.39, 0.29) is 5.91 Å². The second kappa shape index (κ2) is 7.96. The monoisotopic (exact) mass is 349 g/mol. The van der Waals surface area contributed by atoms with Crippen molar-refractivity contribution in [1.29, 1.82) is 0 Å². The molecular weight excluding hydrogens is 330 g/mol. The molecule has 0 saturated carbocycles. The summed E-state index contributed by atoms with van der Waals surface area (Å²) in [7, 11) is 0. The van der Waals surface area contributed by atoms with Gasteiger partial charge in [0.25, 0.3) is 0 Å². The summed E-state index contributed by atoms with van der Waals surface area (Å²) < 4.78 is 7.32. The molecule has 0 aliphatic carbocycles. The van der Waals surface area contributed by atoms with Crippen LogP contribution in [0.1, 0.15) is 17.3 Å². The van der Waals surface area contributed by atoms with Gasteiger partial charge in [-0.15, -0.1) is 0 Å². The first-order valence-electron chi connectivity index (χ1n) is 8.04. The van der Waals surface area contributed by atoms with E-state index in [0.29, 0.717) is 12.4 Å². The van der Waals surface area contributed by atoms with Crippen LogP contribution in [0.15, 0.2) is 59.6 Å². The molecule has 0 aliphatic heterocycles. The Balaban J connectivity index is 1.59. The molecule has 0 unspecified atom stereocenters. The van der Waals surface area contributed by atoms with Crippen LogP contribution >= 0.6 is 11.8 Å². The maximum atomic E-state index is 12.0. The van der Waals surface area contributed by atoms with Crippen molar-refractivity contribution in [3.05, 3.63) is 60.2 Å². The number of carbonyl (C=O) groups is 1. The van der Waals surface area contributed by atoms with Crippen LogP contribution in [-0.2, 0) is 0 Å². The summed E-state index contributed by atoms with van der Waals surface area (Å²) in [5, 5.41) is 1.98. The van der Waals surface area contributed by atoms with E-state index in [0.717, 1.165) is 21.7 Å². The Bertz CT molecular complexity index is 945. The minimum Gasteiger partial charge on any atom is -0.481 e. The number of aryl methyl sites for hydroxylation is 1. The van der Waals surface area contributed by atoms with Gasteiger partial charge in [0.1, 0.15) is 12.4 Å². The van der Waals surface area contributed by atoms with Crippen molar-refractivity contribution in [2.45, 2.75) is 18.9 Å². The van der Waals surface area contributed by atoms with E-state index < -0.39 is 0 Å². The van der Waals surface area contributed by atoms with Crippen LogP contribution in [0.25, 0.3) is 10.9 Å². The molecule has 126 valence electrons. The Morgan fingerprint density at radius 3 is 2.64 bits per heavy atom. The highest BCUT2D eigenvalue weighted by Gasteiger charge is 2.11. The van der Waals surface area contributed by atoms with Crippen molar-refractivity contribution in [3.63, 3.8) is 0 Å². The molecule has 0 amide bonds. The zero-order valence-electron chi connectivity index (χ0n) is 14.3. The Morgan fingerprint density at radius 2 is 1.88 bits per heavy atom. The van der Waals surface area contributed by atoms with Gasteiger partial charge in [0.05, 0.1) is 16.3 Å². The summed E-state index contributed by atoms with van der Waals surface area (Å²) in [4.78, 5) is 12.0. The molecular formula is C21H19NO2S. The largest absolute Gasteiger partial charge is 0.481 e. The Kier molecular flexibility index (Phi) is 5.47. The number of hydrogen-bond donors (Lipinski definition) is 0. The minimum atomic E-state index is 0.0133. The van der Waals surface area contributed by atoms with Crippen LogP contribution < -0.4 is 4.74 Å². The van der Waals surface area contributed by atoms with Crippen LogP contribution in [0.5, 0.6) is 5.75 Å². The first-order chi connectivity index (χ1) is 12.1. The summed E-state index contributed by atoms with van der Waals surface area (Å²) in [6.07, 6.45) is 0. The maximum absolute atomic E-state index is 12.0. The van der Waals surface area contributed by atoms with Gasteiger partial charge in [-0.05, 0) is 31.2 Å². The molecule has 3 nitrogen and oxygen atoms in total. The molecule has 0 atom stereocenters.